The highest BCUT2D eigenvalue weighted by atomic mass is 16.5. The number of hydrogen-bond acceptors (Lipinski definition) is 5. The molecule has 2 heterocycles. The van der Waals surface area contributed by atoms with Crippen molar-refractivity contribution in [2.45, 2.75) is 31.7 Å². The lowest BCUT2D eigenvalue weighted by atomic mass is 10.0. The Morgan fingerprint density at radius 1 is 1.50 bits per heavy atom. The van der Waals surface area contributed by atoms with Crippen molar-refractivity contribution in [2.75, 3.05) is 13.1 Å². The van der Waals surface area contributed by atoms with Crippen LogP contribution in [0.4, 0.5) is 0 Å². The first kappa shape index (κ1) is 9.61. The van der Waals surface area contributed by atoms with Gasteiger partial charge in [-0.25, -0.2) is 0 Å². The van der Waals surface area contributed by atoms with Crippen molar-refractivity contribution >= 4 is 0 Å². The molecule has 1 saturated heterocycles. The Bertz CT molecular complexity index is 280. The van der Waals surface area contributed by atoms with E-state index in [9.17, 15) is 0 Å². The van der Waals surface area contributed by atoms with Gasteiger partial charge in [-0.2, -0.15) is 4.98 Å². The minimum absolute atomic E-state index is 0.277. The predicted octanol–water partition coefficient (Wildman–Crippen LogP) is 0.385. The van der Waals surface area contributed by atoms with Crippen LogP contribution < -0.4 is 11.1 Å². The second kappa shape index (κ2) is 4.52. The predicted molar refractivity (Wildman–Crippen MR) is 51.7 cm³/mol. The van der Waals surface area contributed by atoms with Crippen molar-refractivity contribution in [3.63, 3.8) is 0 Å². The van der Waals surface area contributed by atoms with E-state index >= 15 is 0 Å². The Kier molecular flexibility index (Phi) is 3.10. The molecule has 3 N–H and O–H groups in total. The molecular formula is C9H16N4O. The van der Waals surface area contributed by atoms with E-state index in [0.717, 1.165) is 18.8 Å². The van der Waals surface area contributed by atoms with Gasteiger partial charge in [-0.1, -0.05) is 11.6 Å². The van der Waals surface area contributed by atoms with Crippen molar-refractivity contribution in [2.24, 2.45) is 5.73 Å². The van der Waals surface area contributed by atoms with Crippen LogP contribution in [0.3, 0.4) is 0 Å². The lowest BCUT2D eigenvalue weighted by Gasteiger charge is -2.19. The van der Waals surface area contributed by atoms with E-state index < -0.39 is 0 Å². The number of hydrogen-bond donors (Lipinski definition) is 2. The first-order chi connectivity index (χ1) is 6.90. The average Bonchev–Trinajstić information content (AvgIpc) is 2.68. The summed E-state index contributed by atoms with van der Waals surface area (Å²) in [6, 6.07) is 0.277. The van der Waals surface area contributed by atoms with Gasteiger partial charge < -0.3 is 15.6 Å². The van der Waals surface area contributed by atoms with E-state index in [4.69, 9.17) is 10.3 Å². The van der Waals surface area contributed by atoms with Crippen LogP contribution in [0, 0.1) is 0 Å². The van der Waals surface area contributed by atoms with Crippen molar-refractivity contribution in [1.29, 1.82) is 0 Å². The summed E-state index contributed by atoms with van der Waals surface area (Å²) in [5.74, 6) is 1.43. The third-order valence-electron chi connectivity index (χ3n) is 2.46. The van der Waals surface area contributed by atoms with Gasteiger partial charge in [0.05, 0.1) is 6.04 Å². The first-order valence-corrected chi connectivity index (χ1v) is 5.16. The molecule has 0 radical (unpaired) electrons. The number of piperidine rings is 1. The summed E-state index contributed by atoms with van der Waals surface area (Å²) in [5.41, 5.74) is 5.40. The standard InChI is InChI=1S/C9H16N4O/c10-5-4-8-12-9(13-14-8)7-3-1-2-6-11-7/h7,11H,1-6,10H2. The van der Waals surface area contributed by atoms with Gasteiger partial charge in [0, 0.05) is 13.0 Å². The number of nitrogens with zero attached hydrogens (tertiary/aromatic N) is 2. The SMILES string of the molecule is NCCc1nc(C2CCCCN2)no1. The Balaban J connectivity index is 2.00. The molecule has 0 aromatic carbocycles. The van der Waals surface area contributed by atoms with E-state index in [1.165, 1.54) is 12.8 Å². The zero-order chi connectivity index (χ0) is 9.80. The summed E-state index contributed by atoms with van der Waals surface area (Å²) in [6.07, 6.45) is 4.24. The van der Waals surface area contributed by atoms with Crippen molar-refractivity contribution in [3.05, 3.63) is 11.7 Å². The molecule has 0 aliphatic carbocycles. The molecule has 5 heteroatoms. The summed E-state index contributed by atoms with van der Waals surface area (Å²) in [5, 5.41) is 7.33. The van der Waals surface area contributed by atoms with Gasteiger partial charge >= 0.3 is 0 Å². The van der Waals surface area contributed by atoms with Crippen molar-refractivity contribution in [3.8, 4) is 0 Å². The van der Waals surface area contributed by atoms with Gasteiger partial charge in [0.1, 0.15) is 0 Å². The van der Waals surface area contributed by atoms with Gasteiger partial charge in [0.15, 0.2) is 5.82 Å². The maximum absolute atomic E-state index is 5.40. The van der Waals surface area contributed by atoms with Crippen LogP contribution in [0.25, 0.3) is 0 Å². The quantitative estimate of drug-likeness (QED) is 0.731. The molecule has 1 aliphatic rings. The minimum Gasteiger partial charge on any atom is -0.339 e. The molecule has 2 rings (SSSR count). The Hall–Kier alpha value is -0.940. The highest BCUT2D eigenvalue weighted by molar-refractivity contribution is 4.95. The van der Waals surface area contributed by atoms with Gasteiger partial charge in [0.25, 0.3) is 0 Å². The molecule has 0 amide bonds. The largest absolute Gasteiger partial charge is 0.339 e. The molecule has 1 aromatic heterocycles. The summed E-state index contributed by atoms with van der Waals surface area (Å²) < 4.78 is 5.08. The van der Waals surface area contributed by atoms with Crippen LogP contribution in [0.5, 0.6) is 0 Å². The van der Waals surface area contributed by atoms with Crippen LogP contribution in [0.1, 0.15) is 37.0 Å². The summed E-state index contributed by atoms with van der Waals surface area (Å²) >= 11 is 0. The molecule has 0 bridgehead atoms. The smallest absolute Gasteiger partial charge is 0.227 e. The number of nitrogens with two attached hydrogens (primary N) is 1. The molecule has 14 heavy (non-hydrogen) atoms. The summed E-state index contributed by atoms with van der Waals surface area (Å²) in [4.78, 5) is 4.30. The third-order valence-corrected chi connectivity index (χ3v) is 2.46. The maximum atomic E-state index is 5.40. The van der Waals surface area contributed by atoms with Crippen molar-refractivity contribution in [1.82, 2.24) is 15.5 Å². The minimum atomic E-state index is 0.277. The van der Waals surface area contributed by atoms with Gasteiger partial charge in [0.2, 0.25) is 5.89 Å². The molecule has 1 atom stereocenters. The zero-order valence-electron chi connectivity index (χ0n) is 8.20. The highest BCUT2D eigenvalue weighted by Gasteiger charge is 2.19. The first-order valence-electron chi connectivity index (χ1n) is 5.16. The second-order valence-electron chi connectivity index (χ2n) is 3.59. The van der Waals surface area contributed by atoms with Crippen molar-refractivity contribution < 1.29 is 4.52 Å². The molecule has 1 fully saturated rings. The van der Waals surface area contributed by atoms with Crippen LogP contribution >= 0.6 is 0 Å². The molecule has 78 valence electrons. The second-order valence-corrected chi connectivity index (χ2v) is 3.59. The summed E-state index contributed by atoms with van der Waals surface area (Å²) in [7, 11) is 0. The maximum Gasteiger partial charge on any atom is 0.227 e. The number of rotatable bonds is 3. The molecule has 5 nitrogen and oxygen atoms in total. The van der Waals surface area contributed by atoms with E-state index in [2.05, 4.69) is 15.5 Å². The molecule has 1 unspecified atom stereocenters. The fourth-order valence-electron chi connectivity index (χ4n) is 1.71. The van der Waals surface area contributed by atoms with Gasteiger partial charge in [-0.15, -0.1) is 0 Å². The Morgan fingerprint density at radius 3 is 3.14 bits per heavy atom. The number of aromatic nitrogens is 2. The Labute approximate surface area is 83.1 Å². The van der Waals surface area contributed by atoms with E-state index in [1.54, 1.807) is 0 Å². The van der Waals surface area contributed by atoms with Crippen LogP contribution in [-0.2, 0) is 6.42 Å². The Morgan fingerprint density at radius 2 is 2.43 bits per heavy atom. The molecule has 0 saturated carbocycles. The normalized spacial score (nSPS) is 22.5. The lowest BCUT2D eigenvalue weighted by molar-refractivity contribution is 0.349. The topological polar surface area (TPSA) is 77.0 Å². The van der Waals surface area contributed by atoms with E-state index in [1.807, 2.05) is 0 Å². The van der Waals surface area contributed by atoms with E-state index in [0.29, 0.717) is 18.9 Å². The average molecular weight is 196 g/mol. The molecular weight excluding hydrogens is 180 g/mol. The molecule has 0 spiro atoms. The molecule has 1 aromatic rings. The fraction of sp³-hybridized carbons (Fsp3) is 0.778. The summed E-state index contributed by atoms with van der Waals surface area (Å²) in [6.45, 7) is 1.60. The number of nitrogens with one attached hydrogen (secondary N) is 1. The van der Waals surface area contributed by atoms with Crippen LogP contribution in [-0.4, -0.2) is 23.2 Å². The van der Waals surface area contributed by atoms with Gasteiger partial charge in [-0.05, 0) is 19.4 Å². The van der Waals surface area contributed by atoms with E-state index in [-0.39, 0.29) is 6.04 Å². The van der Waals surface area contributed by atoms with Gasteiger partial charge in [-0.3, -0.25) is 0 Å². The lowest BCUT2D eigenvalue weighted by Crippen LogP contribution is -2.27. The van der Waals surface area contributed by atoms with Crippen LogP contribution in [0.15, 0.2) is 4.52 Å². The monoisotopic (exact) mass is 196 g/mol. The molecule has 1 aliphatic heterocycles. The highest BCUT2D eigenvalue weighted by Crippen LogP contribution is 2.20. The zero-order valence-corrected chi connectivity index (χ0v) is 8.20. The third kappa shape index (κ3) is 2.10. The fourth-order valence-corrected chi connectivity index (χ4v) is 1.71. The van der Waals surface area contributed by atoms with Crippen LogP contribution in [0.2, 0.25) is 0 Å².